The van der Waals surface area contributed by atoms with Gasteiger partial charge in [0.1, 0.15) is 34.8 Å². The summed E-state index contributed by atoms with van der Waals surface area (Å²) in [6.07, 6.45) is -0.222. The maximum Gasteiger partial charge on any atom is 0.254 e. The number of benzene rings is 2. The van der Waals surface area contributed by atoms with Crippen molar-refractivity contribution in [1.82, 2.24) is 14.7 Å². The Balaban J connectivity index is 1.35. The molecule has 38 heavy (non-hydrogen) atoms. The first-order valence-corrected chi connectivity index (χ1v) is 12.0. The maximum atomic E-state index is 13.8. The molecule has 2 aromatic carbocycles. The number of hydrogen-bond donors (Lipinski definition) is 2. The predicted molar refractivity (Wildman–Crippen MR) is 134 cm³/mol. The number of alkyl halides is 1. The number of ether oxygens (including phenoxy) is 1. The summed E-state index contributed by atoms with van der Waals surface area (Å²) < 4.78 is 33.8. The van der Waals surface area contributed by atoms with Crippen molar-refractivity contribution in [2.45, 2.75) is 25.2 Å². The second-order valence-corrected chi connectivity index (χ2v) is 9.42. The normalized spacial score (nSPS) is 18.6. The number of nitrogen functional groups attached to an aromatic ring is 1. The van der Waals surface area contributed by atoms with Gasteiger partial charge in [-0.15, -0.1) is 0 Å². The van der Waals surface area contributed by atoms with Gasteiger partial charge in [0, 0.05) is 24.7 Å². The number of amides is 3. The fourth-order valence-corrected chi connectivity index (χ4v) is 4.65. The Morgan fingerprint density at radius 3 is 2.47 bits per heavy atom. The zero-order chi connectivity index (χ0) is 27.1. The SMILES string of the molecule is COc1ccc(F)cc1N(C=O)Cc1ccc(-c2nn(C3CN(C(=O)[C@@H]4C[C@@H]4F)C3)c(N)c2C(N)=O)cc1. The van der Waals surface area contributed by atoms with Crippen molar-refractivity contribution in [1.29, 1.82) is 0 Å². The van der Waals surface area contributed by atoms with Gasteiger partial charge in [0.05, 0.1) is 31.3 Å². The highest BCUT2D eigenvalue weighted by atomic mass is 19.1. The van der Waals surface area contributed by atoms with Crippen molar-refractivity contribution in [2.75, 3.05) is 30.8 Å². The van der Waals surface area contributed by atoms with Crippen LogP contribution in [-0.4, -0.2) is 59.3 Å². The van der Waals surface area contributed by atoms with Crippen LogP contribution in [0.5, 0.6) is 5.75 Å². The van der Waals surface area contributed by atoms with Gasteiger partial charge in [-0.1, -0.05) is 24.3 Å². The number of primary amides is 1. The van der Waals surface area contributed by atoms with Crippen LogP contribution < -0.4 is 21.1 Å². The van der Waals surface area contributed by atoms with Crippen LogP contribution in [-0.2, 0) is 16.1 Å². The number of methoxy groups -OCH3 is 1. The molecule has 1 saturated heterocycles. The summed E-state index contributed by atoms with van der Waals surface area (Å²) in [6, 6.07) is 10.5. The maximum absolute atomic E-state index is 13.8. The Hall–Kier alpha value is -4.48. The second kappa shape index (κ2) is 9.77. The minimum atomic E-state index is -1.07. The Labute approximate surface area is 216 Å². The molecule has 0 spiro atoms. The number of carbonyl (C=O) groups excluding carboxylic acids is 3. The highest BCUT2D eigenvalue weighted by molar-refractivity contribution is 6.03. The second-order valence-electron chi connectivity index (χ2n) is 9.42. The Kier molecular flexibility index (Phi) is 6.47. The fraction of sp³-hybridized carbons (Fsp3) is 0.308. The van der Waals surface area contributed by atoms with Gasteiger partial charge >= 0.3 is 0 Å². The topological polar surface area (TPSA) is 137 Å². The lowest BCUT2D eigenvalue weighted by Crippen LogP contribution is -2.52. The van der Waals surface area contributed by atoms with Gasteiger partial charge in [0.2, 0.25) is 12.3 Å². The Bertz CT molecular complexity index is 1400. The summed E-state index contributed by atoms with van der Waals surface area (Å²) in [5.41, 5.74) is 13.8. The smallest absolute Gasteiger partial charge is 0.254 e. The lowest BCUT2D eigenvalue weighted by Gasteiger charge is -2.39. The molecule has 198 valence electrons. The standard InChI is InChI=1S/C26H26F2N6O4/c1-38-21-7-6-16(27)8-20(21)33(13-35)10-14-2-4-15(5-3-14)23-22(25(30)36)24(29)34(31-23)17-11-32(12-17)26(37)18-9-19(18)28/h2-8,13,17-19H,9-12,29H2,1H3,(H2,30,36)/t18-,19+/m1/s1. The van der Waals surface area contributed by atoms with Crippen LogP contribution in [0.15, 0.2) is 42.5 Å². The van der Waals surface area contributed by atoms with Crippen molar-refractivity contribution < 1.29 is 27.9 Å². The number of aromatic nitrogens is 2. The van der Waals surface area contributed by atoms with Crippen LogP contribution in [0.2, 0.25) is 0 Å². The van der Waals surface area contributed by atoms with Crippen molar-refractivity contribution in [3.8, 4) is 17.0 Å². The molecule has 4 N–H and O–H groups in total. The third-order valence-electron chi connectivity index (χ3n) is 6.90. The van der Waals surface area contributed by atoms with Gasteiger partial charge in [0.25, 0.3) is 5.91 Å². The monoisotopic (exact) mass is 524 g/mol. The molecule has 1 aliphatic carbocycles. The highest BCUT2D eigenvalue weighted by Gasteiger charge is 2.48. The van der Waals surface area contributed by atoms with E-state index < -0.39 is 23.8 Å². The molecule has 12 heteroatoms. The van der Waals surface area contributed by atoms with Crippen LogP contribution in [0, 0.1) is 11.7 Å². The van der Waals surface area contributed by atoms with E-state index in [2.05, 4.69) is 5.10 Å². The van der Waals surface area contributed by atoms with Crippen LogP contribution in [0.4, 0.5) is 20.3 Å². The van der Waals surface area contributed by atoms with E-state index in [9.17, 15) is 23.2 Å². The van der Waals surface area contributed by atoms with E-state index in [1.165, 1.54) is 34.9 Å². The molecular formula is C26H26F2N6O4. The van der Waals surface area contributed by atoms with E-state index in [0.717, 1.165) is 5.56 Å². The minimum absolute atomic E-state index is 0.0626. The average Bonchev–Trinajstić information content (AvgIpc) is 3.51. The number of halogens is 2. The van der Waals surface area contributed by atoms with Crippen LogP contribution in [0.25, 0.3) is 11.3 Å². The number of likely N-dealkylation sites (tertiary alicyclic amines) is 1. The van der Waals surface area contributed by atoms with Crippen molar-refractivity contribution in [3.05, 3.63) is 59.4 Å². The largest absolute Gasteiger partial charge is 0.495 e. The lowest BCUT2D eigenvalue weighted by molar-refractivity contribution is -0.139. The number of hydrogen-bond acceptors (Lipinski definition) is 6. The van der Waals surface area contributed by atoms with Gasteiger partial charge in [-0.25, -0.2) is 13.5 Å². The first-order valence-electron chi connectivity index (χ1n) is 12.0. The molecule has 0 bridgehead atoms. The summed E-state index contributed by atoms with van der Waals surface area (Å²) in [5, 5.41) is 4.53. The van der Waals surface area contributed by atoms with E-state index in [4.69, 9.17) is 16.2 Å². The number of carbonyl (C=O) groups is 3. The number of nitrogens with two attached hydrogens (primary N) is 2. The summed E-state index contributed by atoms with van der Waals surface area (Å²) in [5.74, 6) is -1.59. The molecule has 3 aromatic rings. The van der Waals surface area contributed by atoms with Gasteiger partial charge in [-0.2, -0.15) is 5.10 Å². The molecule has 1 aromatic heterocycles. The van der Waals surface area contributed by atoms with Crippen molar-refractivity contribution >= 4 is 29.7 Å². The lowest BCUT2D eigenvalue weighted by atomic mass is 10.0. The molecule has 0 radical (unpaired) electrons. The minimum Gasteiger partial charge on any atom is -0.495 e. The van der Waals surface area contributed by atoms with E-state index in [0.29, 0.717) is 30.8 Å². The van der Waals surface area contributed by atoms with E-state index in [1.54, 1.807) is 29.2 Å². The summed E-state index contributed by atoms with van der Waals surface area (Å²) in [7, 11) is 1.43. The molecule has 2 aliphatic rings. The average molecular weight is 525 g/mol. The van der Waals surface area contributed by atoms with Crippen molar-refractivity contribution in [2.24, 2.45) is 11.7 Å². The first-order chi connectivity index (χ1) is 18.2. The molecule has 1 saturated carbocycles. The molecular weight excluding hydrogens is 498 g/mol. The Morgan fingerprint density at radius 2 is 1.89 bits per heavy atom. The molecule has 0 unspecified atom stereocenters. The van der Waals surface area contributed by atoms with Gasteiger partial charge in [0.15, 0.2) is 0 Å². The van der Waals surface area contributed by atoms with Gasteiger partial charge in [-0.05, 0) is 24.1 Å². The molecule has 3 amide bonds. The highest BCUT2D eigenvalue weighted by Crippen LogP contribution is 2.39. The predicted octanol–water partition coefficient (Wildman–Crippen LogP) is 2.28. The van der Waals surface area contributed by atoms with Crippen molar-refractivity contribution in [3.63, 3.8) is 0 Å². The zero-order valence-electron chi connectivity index (χ0n) is 20.5. The third kappa shape index (κ3) is 4.53. The van der Waals surface area contributed by atoms with E-state index >= 15 is 0 Å². The van der Waals surface area contributed by atoms with Crippen LogP contribution in [0.3, 0.4) is 0 Å². The molecule has 1 aliphatic heterocycles. The fourth-order valence-electron chi connectivity index (χ4n) is 4.65. The molecule has 2 fully saturated rings. The zero-order valence-corrected chi connectivity index (χ0v) is 20.5. The van der Waals surface area contributed by atoms with Crippen LogP contribution >= 0.6 is 0 Å². The molecule has 2 atom stereocenters. The van der Waals surface area contributed by atoms with Gasteiger partial charge < -0.3 is 26.0 Å². The number of nitrogens with zero attached hydrogens (tertiary/aromatic N) is 4. The summed E-state index contributed by atoms with van der Waals surface area (Å²) >= 11 is 0. The third-order valence-corrected chi connectivity index (χ3v) is 6.90. The molecule has 10 nitrogen and oxygen atoms in total. The van der Waals surface area contributed by atoms with Crippen LogP contribution in [0.1, 0.15) is 28.4 Å². The van der Waals surface area contributed by atoms with E-state index in [-0.39, 0.29) is 47.7 Å². The Morgan fingerprint density at radius 1 is 1.21 bits per heavy atom. The summed E-state index contributed by atoms with van der Waals surface area (Å²) in [6.45, 7) is 0.765. The number of anilines is 2. The quantitative estimate of drug-likeness (QED) is 0.412. The molecule has 2 heterocycles. The van der Waals surface area contributed by atoms with E-state index in [1.807, 2.05) is 0 Å². The molecule has 5 rings (SSSR count). The summed E-state index contributed by atoms with van der Waals surface area (Å²) in [4.78, 5) is 39.1. The first kappa shape index (κ1) is 25.2. The number of rotatable bonds is 9. The van der Waals surface area contributed by atoms with Gasteiger partial charge in [-0.3, -0.25) is 14.4 Å².